The summed E-state index contributed by atoms with van der Waals surface area (Å²) in [7, 11) is 0. The maximum absolute atomic E-state index is 12.3. The summed E-state index contributed by atoms with van der Waals surface area (Å²) in [5.74, 6) is -0.0675. The molecular formula is C13H17N3O2. The summed E-state index contributed by atoms with van der Waals surface area (Å²) in [4.78, 5) is 14.0. The monoisotopic (exact) mass is 247 g/mol. The second kappa shape index (κ2) is 5.18. The Balaban J connectivity index is 2.30. The van der Waals surface area contributed by atoms with Gasteiger partial charge in [-0.05, 0) is 32.0 Å². The minimum atomic E-state index is -0.0675. The third-order valence-electron chi connectivity index (χ3n) is 2.91. The zero-order valence-electron chi connectivity index (χ0n) is 10.6. The number of nitrogens with one attached hydrogen (secondary N) is 1. The summed E-state index contributed by atoms with van der Waals surface area (Å²) in [6.45, 7) is 4.19. The molecule has 1 heterocycles. The number of benzene rings is 1. The SMILES string of the molecule is CC(C)N(CCO)C(=O)c1ccc2[nH]ncc2c1. The quantitative estimate of drug-likeness (QED) is 0.858. The van der Waals surface area contributed by atoms with Gasteiger partial charge in [0.15, 0.2) is 0 Å². The van der Waals surface area contributed by atoms with Crippen molar-refractivity contribution in [1.29, 1.82) is 0 Å². The minimum Gasteiger partial charge on any atom is -0.395 e. The van der Waals surface area contributed by atoms with Crippen LogP contribution in [0.1, 0.15) is 24.2 Å². The number of amides is 1. The van der Waals surface area contributed by atoms with Gasteiger partial charge < -0.3 is 10.0 Å². The number of carbonyl (C=O) groups is 1. The van der Waals surface area contributed by atoms with Crippen LogP contribution in [0.4, 0.5) is 0 Å². The van der Waals surface area contributed by atoms with Crippen molar-refractivity contribution in [3.63, 3.8) is 0 Å². The van der Waals surface area contributed by atoms with E-state index in [1.165, 1.54) is 0 Å². The van der Waals surface area contributed by atoms with Crippen LogP contribution in [0.15, 0.2) is 24.4 Å². The topological polar surface area (TPSA) is 69.2 Å². The highest BCUT2D eigenvalue weighted by molar-refractivity contribution is 5.98. The van der Waals surface area contributed by atoms with Crippen molar-refractivity contribution in [2.75, 3.05) is 13.2 Å². The molecule has 96 valence electrons. The highest BCUT2D eigenvalue weighted by Crippen LogP contribution is 2.15. The number of carbonyl (C=O) groups excluding carboxylic acids is 1. The fraction of sp³-hybridized carbons (Fsp3) is 0.385. The first-order chi connectivity index (χ1) is 8.63. The molecule has 0 bridgehead atoms. The molecule has 5 nitrogen and oxygen atoms in total. The standard InChI is InChI=1S/C13H17N3O2/c1-9(2)16(5-6-17)13(18)10-3-4-12-11(7-10)8-14-15-12/h3-4,7-9,17H,5-6H2,1-2H3,(H,14,15). The summed E-state index contributed by atoms with van der Waals surface area (Å²) >= 11 is 0. The number of nitrogens with zero attached hydrogens (tertiary/aromatic N) is 2. The summed E-state index contributed by atoms with van der Waals surface area (Å²) in [6, 6.07) is 5.49. The lowest BCUT2D eigenvalue weighted by Gasteiger charge is -2.26. The molecule has 1 aromatic heterocycles. The number of rotatable bonds is 4. The van der Waals surface area contributed by atoms with Gasteiger partial charge in [0.2, 0.25) is 0 Å². The van der Waals surface area contributed by atoms with Crippen molar-refractivity contribution < 1.29 is 9.90 Å². The number of aliphatic hydroxyl groups excluding tert-OH is 1. The van der Waals surface area contributed by atoms with E-state index in [0.29, 0.717) is 12.1 Å². The van der Waals surface area contributed by atoms with Crippen LogP contribution < -0.4 is 0 Å². The third kappa shape index (κ3) is 2.36. The lowest BCUT2D eigenvalue weighted by Crippen LogP contribution is -2.38. The minimum absolute atomic E-state index is 0.0299. The number of aromatic nitrogens is 2. The molecule has 0 atom stereocenters. The van der Waals surface area contributed by atoms with Crippen molar-refractivity contribution >= 4 is 16.8 Å². The molecule has 0 saturated carbocycles. The Labute approximate surface area is 105 Å². The van der Waals surface area contributed by atoms with Gasteiger partial charge in [0.05, 0.1) is 18.3 Å². The molecule has 5 heteroatoms. The summed E-state index contributed by atoms with van der Waals surface area (Å²) < 4.78 is 0. The molecule has 0 aliphatic carbocycles. The molecular weight excluding hydrogens is 230 g/mol. The molecule has 0 spiro atoms. The fourth-order valence-electron chi connectivity index (χ4n) is 1.94. The van der Waals surface area contributed by atoms with Crippen molar-refractivity contribution in [1.82, 2.24) is 15.1 Å². The molecule has 0 radical (unpaired) electrons. The molecule has 2 aromatic rings. The van der Waals surface area contributed by atoms with Crippen LogP contribution in [-0.4, -0.2) is 45.3 Å². The van der Waals surface area contributed by atoms with E-state index in [1.54, 1.807) is 17.2 Å². The first kappa shape index (κ1) is 12.6. The Morgan fingerprint density at radius 1 is 1.50 bits per heavy atom. The van der Waals surface area contributed by atoms with E-state index in [0.717, 1.165) is 10.9 Å². The van der Waals surface area contributed by atoms with Crippen molar-refractivity contribution in [3.05, 3.63) is 30.0 Å². The number of fused-ring (bicyclic) bond motifs is 1. The van der Waals surface area contributed by atoms with Crippen LogP contribution in [0.3, 0.4) is 0 Å². The number of aliphatic hydroxyl groups is 1. The molecule has 2 N–H and O–H groups in total. The molecule has 18 heavy (non-hydrogen) atoms. The molecule has 0 saturated heterocycles. The average Bonchev–Trinajstić information content (AvgIpc) is 2.81. The molecule has 0 aliphatic heterocycles. The van der Waals surface area contributed by atoms with E-state index >= 15 is 0 Å². The largest absolute Gasteiger partial charge is 0.395 e. The number of aromatic amines is 1. The van der Waals surface area contributed by atoms with E-state index in [-0.39, 0.29) is 18.6 Å². The normalized spacial score (nSPS) is 11.1. The Bertz CT molecular complexity index is 548. The molecule has 0 aliphatic rings. The Morgan fingerprint density at radius 3 is 2.94 bits per heavy atom. The van der Waals surface area contributed by atoms with Crippen LogP contribution in [0.5, 0.6) is 0 Å². The molecule has 1 aromatic carbocycles. The predicted octanol–water partition coefficient (Wildman–Crippen LogP) is 1.41. The van der Waals surface area contributed by atoms with E-state index < -0.39 is 0 Å². The Hall–Kier alpha value is -1.88. The smallest absolute Gasteiger partial charge is 0.254 e. The molecule has 1 amide bonds. The van der Waals surface area contributed by atoms with Crippen molar-refractivity contribution in [2.24, 2.45) is 0 Å². The second-order valence-electron chi connectivity index (χ2n) is 4.49. The third-order valence-corrected chi connectivity index (χ3v) is 2.91. The van der Waals surface area contributed by atoms with Crippen LogP contribution in [0.2, 0.25) is 0 Å². The van der Waals surface area contributed by atoms with Gasteiger partial charge in [0.1, 0.15) is 0 Å². The average molecular weight is 247 g/mol. The van der Waals surface area contributed by atoms with Crippen molar-refractivity contribution in [2.45, 2.75) is 19.9 Å². The number of hydrogen-bond donors (Lipinski definition) is 2. The first-order valence-corrected chi connectivity index (χ1v) is 5.98. The zero-order valence-corrected chi connectivity index (χ0v) is 10.6. The van der Waals surface area contributed by atoms with Gasteiger partial charge in [-0.25, -0.2) is 0 Å². The fourth-order valence-corrected chi connectivity index (χ4v) is 1.94. The maximum Gasteiger partial charge on any atom is 0.254 e. The Kier molecular flexibility index (Phi) is 3.62. The summed E-state index contributed by atoms with van der Waals surface area (Å²) in [6.07, 6.45) is 1.69. The van der Waals surface area contributed by atoms with Crippen LogP contribution in [0, 0.1) is 0 Å². The highest BCUT2D eigenvalue weighted by atomic mass is 16.3. The predicted molar refractivity (Wildman–Crippen MR) is 69.4 cm³/mol. The van der Waals surface area contributed by atoms with E-state index in [1.807, 2.05) is 26.0 Å². The molecule has 2 rings (SSSR count). The zero-order chi connectivity index (χ0) is 13.1. The Morgan fingerprint density at radius 2 is 2.28 bits per heavy atom. The van der Waals surface area contributed by atoms with Crippen LogP contribution >= 0.6 is 0 Å². The summed E-state index contributed by atoms with van der Waals surface area (Å²) in [5.41, 5.74) is 1.52. The van der Waals surface area contributed by atoms with Gasteiger partial charge in [-0.15, -0.1) is 0 Å². The van der Waals surface area contributed by atoms with Gasteiger partial charge in [0, 0.05) is 23.5 Å². The van der Waals surface area contributed by atoms with Crippen LogP contribution in [0.25, 0.3) is 10.9 Å². The van der Waals surface area contributed by atoms with Gasteiger partial charge in [-0.3, -0.25) is 9.89 Å². The van der Waals surface area contributed by atoms with E-state index in [2.05, 4.69) is 10.2 Å². The highest BCUT2D eigenvalue weighted by Gasteiger charge is 2.18. The summed E-state index contributed by atoms with van der Waals surface area (Å²) in [5, 5.41) is 16.7. The molecule has 0 fully saturated rings. The van der Waals surface area contributed by atoms with Crippen LogP contribution in [-0.2, 0) is 0 Å². The lowest BCUT2D eigenvalue weighted by molar-refractivity contribution is 0.0665. The van der Waals surface area contributed by atoms with Gasteiger partial charge in [0.25, 0.3) is 5.91 Å². The molecule has 0 unspecified atom stereocenters. The van der Waals surface area contributed by atoms with Crippen molar-refractivity contribution in [3.8, 4) is 0 Å². The van der Waals surface area contributed by atoms with Gasteiger partial charge in [-0.1, -0.05) is 0 Å². The van der Waals surface area contributed by atoms with Gasteiger partial charge in [-0.2, -0.15) is 5.10 Å². The first-order valence-electron chi connectivity index (χ1n) is 5.98. The second-order valence-corrected chi connectivity index (χ2v) is 4.49. The number of H-pyrrole nitrogens is 1. The van der Waals surface area contributed by atoms with E-state index in [9.17, 15) is 4.79 Å². The lowest BCUT2D eigenvalue weighted by atomic mass is 10.1. The maximum atomic E-state index is 12.3. The van der Waals surface area contributed by atoms with E-state index in [4.69, 9.17) is 5.11 Å². The number of hydrogen-bond acceptors (Lipinski definition) is 3. The van der Waals surface area contributed by atoms with Gasteiger partial charge >= 0.3 is 0 Å².